The molecule has 0 aliphatic rings. The summed E-state index contributed by atoms with van der Waals surface area (Å²) in [6.45, 7) is 11.4. The molecular weight excluding hydrogens is 556 g/mol. The number of fused-ring (bicyclic) bond motifs is 1. The molecule has 228 valence electrons. The number of amides is 2. The summed E-state index contributed by atoms with van der Waals surface area (Å²) < 4.78 is 10.6. The number of hydrogen-bond acceptors (Lipinski definition) is 6. The molecule has 0 aliphatic carbocycles. The lowest BCUT2D eigenvalue weighted by Crippen LogP contribution is -2.32. The summed E-state index contributed by atoms with van der Waals surface area (Å²) in [7, 11) is 0. The minimum absolute atomic E-state index is 0.248. The van der Waals surface area contributed by atoms with Crippen molar-refractivity contribution in [3.8, 4) is 33.6 Å². The summed E-state index contributed by atoms with van der Waals surface area (Å²) in [4.78, 5) is 39.2. The molecule has 0 bridgehead atoms. The van der Waals surface area contributed by atoms with Gasteiger partial charge in [-0.2, -0.15) is 0 Å². The Morgan fingerprint density at radius 3 is 1.52 bits per heavy atom. The van der Waals surface area contributed by atoms with Gasteiger partial charge in [0, 0.05) is 5.56 Å². The van der Waals surface area contributed by atoms with E-state index in [4.69, 9.17) is 9.47 Å². The molecule has 0 saturated carbocycles. The minimum atomic E-state index is -0.553. The monoisotopic (exact) mass is 594 g/mol. The number of imidazole rings is 2. The van der Waals surface area contributed by atoms with Crippen LogP contribution in [0.25, 0.3) is 44.4 Å². The summed E-state index contributed by atoms with van der Waals surface area (Å²) >= 11 is 0. The van der Waals surface area contributed by atoms with E-state index in [9.17, 15) is 9.59 Å². The third-order valence-corrected chi connectivity index (χ3v) is 6.54. The molecule has 2 heterocycles. The van der Waals surface area contributed by atoms with Crippen molar-refractivity contribution in [3.05, 3.63) is 84.7 Å². The highest BCUT2D eigenvalue weighted by atomic mass is 16.6. The zero-order valence-corrected chi connectivity index (χ0v) is 25.9. The molecule has 44 heavy (non-hydrogen) atoms. The summed E-state index contributed by atoms with van der Waals surface area (Å²) in [5, 5.41) is 7.67. The summed E-state index contributed by atoms with van der Waals surface area (Å²) in [6.07, 6.45) is 2.57. The molecular formula is C34H38N6O4. The van der Waals surface area contributed by atoms with E-state index >= 15 is 0 Å². The van der Waals surface area contributed by atoms with Gasteiger partial charge in [-0.25, -0.2) is 19.6 Å². The first-order chi connectivity index (χ1) is 20.8. The van der Waals surface area contributed by atoms with Crippen LogP contribution in [0.5, 0.6) is 0 Å². The lowest BCUT2D eigenvalue weighted by Gasteiger charge is -2.19. The standard InChI is InChI=1S/C34H38N6O4/c1-33(2,3)43-31(41)37-19-29-35-17-27(39-29)22-9-7-21(8-10-22)23-11-12-25-16-26(14-13-24(25)15-23)28-18-36-30(40-28)20-38-32(42)44-34(4,5)6/h7-18H,19-20H2,1-6H3,(H,35,39)(H,36,40)(H,37,41)(H,38,42). The van der Waals surface area contributed by atoms with Crippen molar-refractivity contribution in [1.82, 2.24) is 30.6 Å². The molecule has 0 atom stereocenters. The van der Waals surface area contributed by atoms with Crippen LogP contribution in [0.3, 0.4) is 0 Å². The molecule has 0 saturated heterocycles. The molecule has 0 aliphatic heterocycles. The molecule has 2 aromatic heterocycles. The number of nitrogens with zero attached hydrogens (tertiary/aromatic N) is 2. The number of alkyl carbamates (subject to hydrolysis) is 2. The highest BCUT2D eigenvalue weighted by Crippen LogP contribution is 2.29. The second-order valence-corrected chi connectivity index (χ2v) is 12.6. The second-order valence-electron chi connectivity index (χ2n) is 12.6. The van der Waals surface area contributed by atoms with Gasteiger partial charge < -0.3 is 30.1 Å². The number of benzene rings is 3. The van der Waals surface area contributed by atoms with Gasteiger partial charge in [-0.3, -0.25) is 0 Å². The maximum atomic E-state index is 11.9. The fourth-order valence-electron chi connectivity index (χ4n) is 4.57. The van der Waals surface area contributed by atoms with E-state index in [0.717, 1.165) is 44.4 Å². The molecule has 4 N–H and O–H groups in total. The van der Waals surface area contributed by atoms with Gasteiger partial charge in [-0.05, 0) is 81.1 Å². The van der Waals surface area contributed by atoms with Crippen molar-refractivity contribution in [2.45, 2.75) is 65.8 Å². The van der Waals surface area contributed by atoms with Crippen LogP contribution in [0.4, 0.5) is 9.59 Å². The summed E-state index contributed by atoms with van der Waals surface area (Å²) in [6, 6.07) is 20.9. The van der Waals surface area contributed by atoms with Gasteiger partial charge >= 0.3 is 12.2 Å². The third-order valence-electron chi connectivity index (χ3n) is 6.54. The number of hydrogen-bond donors (Lipinski definition) is 4. The average Bonchev–Trinajstić information content (AvgIpc) is 3.63. The Morgan fingerprint density at radius 1 is 0.614 bits per heavy atom. The first kappa shape index (κ1) is 30.3. The average molecular weight is 595 g/mol. The van der Waals surface area contributed by atoms with Crippen molar-refractivity contribution in [3.63, 3.8) is 0 Å². The number of nitrogens with one attached hydrogen (secondary N) is 4. The van der Waals surface area contributed by atoms with Crippen LogP contribution in [0, 0.1) is 0 Å². The topological polar surface area (TPSA) is 134 Å². The lowest BCUT2D eigenvalue weighted by atomic mass is 9.98. The predicted octanol–water partition coefficient (Wildman–Crippen LogP) is 7.34. The number of ether oxygens (including phenoxy) is 2. The van der Waals surface area contributed by atoms with E-state index < -0.39 is 23.4 Å². The van der Waals surface area contributed by atoms with Crippen LogP contribution >= 0.6 is 0 Å². The number of H-pyrrole nitrogens is 2. The SMILES string of the molecule is CC(C)(C)OC(=O)NCc1ncc(-c2ccc(-c3ccc4cc(-c5cnc(CNC(=O)OC(C)(C)C)[nH]5)ccc4c3)cc2)[nH]1. The van der Waals surface area contributed by atoms with Crippen molar-refractivity contribution >= 4 is 23.0 Å². The quantitative estimate of drug-likeness (QED) is 0.156. The third kappa shape index (κ3) is 8.03. The Labute approximate surface area is 256 Å². The first-order valence-corrected chi connectivity index (χ1v) is 14.5. The molecule has 5 aromatic rings. The number of carbonyl (C=O) groups is 2. The Bertz CT molecular complexity index is 1770. The van der Waals surface area contributed by atoms with Gasteiger partial charge in [0.2, 0.25) is 0 Å². The Kier molecular flexibility index (Phi) is 8.44. The number of aromatic nitrogens is 4. The van der Waals surface area contributed by atoms with Gasteiger partial charge in [0.15, 0.2) is 0 Å². The van der Waals surface area contributed by atoms with Crippen LogP contribution in [-0.4, -0.2) is 43.3 Å². The molecule has 2 amide bonds. The number of aromatic amines is 2. The van der Waals surface area contributed by atoms with Crippen molar-refractivity contribution in [1.29, 1.82) is 0 Å². The van der Waals surface area contributed by atoms with Crippen LogP contribution in [0.15, 0.2) is 73.1 Å². The second kappa shape index (κ2) is 12.2. The van der Waals surface area contributed by atoms with Crippen molar-refractivity contribution in [2.75, 3.05) is 0 Å². The van der Waals surface area contributed by atoms with E-state index in [-0.39, 0.29) is 13.1 Å². The smallest absolute Gasteiger partial charge is 0.408 e. The van der Waals surface area contributed by atoms with E-state index in [0.29, 0.717) is 11.6 Å². The van der Waals surface area contributed by atoms with Gasteiger partial charge in [-0.15, -0.1) is 0 Å². The minimum Gasteiger partial charge on any atom is -0.444 e. The molecule has 10 nitrogen and oxygen atoms in total. The molecule has 0 fully saturated rings. The fraction of sp³-hybridized carbons (Fsp3) is 0.294. The van der Waals surface area contributed by atoms with Gasteiger partial charge in [0.25, 0.3) is 0 Å². The molecule has 0 radical (unpaired) electrons. The van der Waals surface area contributed by atoms with Crippen LogP contribution in [0.1, 0.15) is 53.2 Å². The highest BCUT2D eigenvalue weighted by molar-refractivity contribution is 5.90. The normalized spacial score (nSPS) is 11.8. The summed E-state index contributed by atoms with van der Waals surface area (Å²) in [5.74, 6) is 1.29. The zero-order valence-electron chi connectivity index (χ0n) is 25.9. The van der Waals surface area contributed by atoms with E-state index in [1.165, 1.54) is 0 Å². The zero-order chi connectivity index (χ0) is 31.5. The Balaban J connectivity index is 1.22. The number of carbonyl (C=O) groups excluding carboxylic acids is 2. The largest absolute Gasteiger partial charge is 0.444 e. The molecule has 10 heteroatoms. The fourth-order valence-corrected chi connectivity index (χ4v) is 4.57. The highest BCUT2D eigenvalue weighted by Gasteiger charge is 2.17. The van der Waals surface area contributed by atoms with Crippen molar-refractivity contribution < 1.29 is 19.1 Å². The Hall–Kier alpha value is -5.12. The maximum Gasteiger partial charge on any atom is 0.408 e. The predicted molar refractivity (Wildman–Crippen MR) is 171 cm³/mol. The van der Waals surface area contributed by atoms with Crippen molar-refractivity contribution in [2.24, 2.45) is 0 Å². The van der Waals surface area contributed by atoms with Gasteiger partial charge in [0.05, 0.1) is 36.9 Å². The lowest BCUT2D eigenvalue weighted by molar-refractivity contribution is 0.0511. The van der Waals surface area contributed by atoms with E-state index in [1.54, 1.807) is 12.4 Å². The van der Waals surface area contributed by atoms with E-state index in [1.807, 2.05) is 41.5 Å². The molecule has 5 rings (SSSR count). The molecule has 0 unspecified atom stereocenters. The number of rotatable bonds is 7. The maximum absolute atomic E-state index is 11.9. The van der Waals surface area contributed by atoms with Gasteiger partial charge in [0.1, 0.15) is 22.9 Å². The summed E-state index contributed by atoms with van der Waals surface area (Å²) in [5.41, 5.74) is 4.84. The van der Waals surface area contributed by atoms with E-state index in [2.05, 4.69) is 91.2 Å². The van der Waals surface area contributed by atoms with Crippen LogP contribution < -0.4 is 10.6 Å². The van der Waals surface area contributed by atoms with Crippen LogP contribution in [0.2, 0.25) is 0 Å². The first-order valence-electron chi connectivity index (χ1n) is 14.5. The molecule has 3 aromatic carbocycles. The van der Waals surface area contributed by atoms with Gasteiger partial charge in [-0.1, -0.05) is 48.5 Å². The molecule has 0 spiro atoms. The Morgan fingerprint density at radius 2 is 1.02 bits per heavy atom. The van der Waals surface area contributed by atoms with Crippen LogP contribution in [-0.2, 0) is 22.6 Å².